The minimum atomic E-state index is -0.0676. The number of carbonyl (C=O) groups is 1. The predicted molar refractivity (Wildman–Crippen MR) is 83.2 cm³/mol. The van der Waals surface area contributed by atoms with E-state index >= 15 is 0 Å². The number of nitrogens with zero attached hydrogens (tertiary/aromatic N) is 1. The fourth-order valence-corrected chi connectivity index (χ4v) is 3.02. The van der Waals surface area contributed by atoms with Crippen LogP contribution in [0.3, 0.4) is 0 Å². The van der Waals surface area contributed by atoms with Gasteiger partial charge in [-0.25, -0.2) is 0 Å². The molecule has 0 aromatic heterocycles. The maximum atomic E-state index is 12.2. The highest BCUT2D eigenvalue weighted by Gasteiger charge is 2.31. The molecule has 100 valence electrons. The van der Waals surface area contributed by atoms with Gasteiger partial charge in [0.2, 0.25) is 0 Å². The largest absolute Gasteiger partial charge is 0.383 e. The number of rotatable bonds is 4. The number of halogens is 1. The van der Waals surface area contributed by atoms with Crippen LogP contribution in [0.2, 0.25) is 5.02 Å². The number of amides is 1. The van der Waals surface area contributed by atoms with Crippen LogP contribution >= 0.6 is 35.6 Å². The Morgan fingerprint density at radius 3 is 2.74 bits per heavy atom. The summed E-state index contributed by atoms with van der Waals surface area (Å²) in [5.41, 5.74) is 0.927. The lowest BCUT2D eigenvalue weighted by atomic mass is 10.2. The monoisotopic (exact) mass is 313 g/mol. The Labute approximate surface area is 126 Å². The number of ether oxygens (including phenoxy) is 1. The van der Waals surface area contributed by atoms with Gasteiger partial charge >= 0.3 is 0 Å². The topological polar surface area (TPSA) is 29.5 Å². The van der Waals surface area contributed by atoms with E-state index in [1.807, 2.05) is 18.2 Å². The van der Waals surface area contributed by atoms with E-state index in [2.05, 4.69) is 0 Å². The van der Waals surface area contributed by atoms with Gasteiger partial charge in [0.05, 0.1) is 18.1 Å². The van der Waals surface area contributed by atoms with Crippen LogP contribution in [0.5, 0.6) is 0 Å². The van der Waals surface area contributed by atoms with E-state index in [0.717, 1.165) is 5.56 Å². The molecule has 0 atom stereocenters. The SMILES string of the molecule is COCCN1C(=O)/C(=C\c2ccc(Cl)cc2)SC1=S. The van der Waals surface area contributed by atoms with Gasteiger partial charge in [-0.2, -0.15) is 0 Å². The minimum absolute atomic E-state index is 0.0676. The van der Waals surface area contributed by atoms with Gasteiger partial charge in [0.1, 0.15) is 4.32 Å². The van der Waals surface area contributed by atoms with E-state index in [-0.39, 0.29) is 5.91 Å². The van der Waals surface area contributed by atoms with Crippen LogP contribution in [0.4, 0.5) is 0 Å². The summed E-state index contributed by atoms with van der Waals surface area (Å²) in [4.78, 5) is 14.3. The Kier molecular flexibility index (Phi) is 4.99. The summed E-state index contributed by atoms with van der Waals surface area (Å²) in [6, 6.07) is 7.31. The summed E-state index contributed by atoms with van der Waals surface area (Å²) in [6.07, 6.45) is 1.82. The van der Waals surface area contributed by atoms with Crippen molar-refractivity contribution in [3.8, 4) is 0 Å². The lowest BCUT2D eigenvalue weighted by Crippen LogP contribution is -2.31. The number of methoxy groups -OCH3 is 1. The molecule has 1 aromatic rings. The van der Waals surface area contributed by atoms with Crippen molar-refractivity contribution in [2.75, 3.05) is 20.3 Å². The molecular formula is C13H12ClNO2S2. The molecule has 1 heterocycles. The minimum Gasteiger partial charge on any atom is -0.383 e. The summed E-state index contributed by atoms with van der Waals surface area (Å²) >= 11 is 12.3. The lowest BCUT2D eigenvalue weighted by molar-refractivity contribution is -0.122. The van der Waals surface area contributed by atoms with Gasteiger partial charge in [0, 0.05) is 12.1 Å². The van der Waals surface area contributed by atoms with Crippen LogP contribution in [0.1, 0.15) is 5.56 Å². The predicted octanol–water partition coefficient (Wildman–Crippen LogP) is 3.19. The first-order chi connectivity index (χ1) is 9.11. The third kappa shape index (κ3) is 3.57. The highest BCUT2D eigenvalue weighted by molar-refractivity contribution is 8.26. The molecule has 1 amide bonds. The average Bonchev–Trinajstić information content (AvgIpc) is 2.65. The zero-order chi connectivity index (χ0) is 13.8. The number of thioether (sulfide) groups is 1. The fourth-order valence-electron chi connectivity index (χ4n) is 1.59. The van der Waals surface area contributed by atoms with E-state index in [9.17, 15) is 4.79 Å². The zero-order valence-electron chi connectivity index (χ0n) is 10.3. The van der Waals surface area contributed by atoms with Gasteiger partial charge in [-0.1, -0.05) is 47.7 Å². The number of thiocarbonyl (C=S) groups is 1. The third-order valence-electron chi connectivity index (χ3n) is 2.56. The van der Waals surface area contributed by atoms with Crippen molar-refractivity contribution in [3.05, 3.63) is 39.8 Å². The molecule has 1 aromatic carbocycles. The summed E-state index contributed by atoms with van der Waals surface area (Å²) in [5.74, 6) is -0.0676. The van der Waals surface area contributed by atoms with Crippen LogP contribution in [0.25, 0.3) is 6.08 Å². The molecule has 2 rings (SSSR count). The molecular weight excluding hydrogens is 302 g/mol. The van der Waals surface area contributed by atoms with Gasteiger partial charge in [-0.05, 0) is 23.8 Å². The third-order valence-corrected chi connectivity index (χ3v) is 4.19. The van der Waals surface area contributed by atoms with Crippen molar-refractivity contribution in [2.24, 2.45) is 0 Å². The van der Waals surface area contributed by atoms with Crippen molar-refractivity contribution in [2.45, 2.75) is 0 Å². The average molecular weight is 314 g/mol. The molecule has 0 radical (unpaired) electrons. The maximum absolute atomic E-state index is 12.2. The van der Waals surface area contributed by atoms with E-state index in [1.165, 1.54) is 11.8 Å². The van der Waals surface area contributed by atoms with Gasteiger partial charge < -0.3 is 4.74 Å². The van der Waals surface area contributed by atoms with Crippen molar-refractivity contribution >= 4 is 51.9 Å². The Bertz CT molecular complexity index is 528. The van der Waals surface area contributed by atoms with Crippen molar-refractivity contribution in [1.29, 1.82) is 0 Å². The summed E-state index contributed by atoms with van der Waals surface area (Å²) in [7, 11) is 1.60. The number of carbonyl (C=O) groups excluding carboxylic acids is 1. The normalized spacial score (nSPS) is 17.6. The van der Waals surface area contributed by atoms with Gasteiger partial charge in [-0.15, -0.1) is 0 Å². The molecule has 1 fully saturated rings. The first-order valence-electron chi connectivity index (χ1n) is 5.61. The highest BCUT2D eigenvalue weighted by Crippen LogP contribution is 2.32. The van der Waals surface area contributed by atoms with E-state index in [1.54, 1.807) is 24.1 Å². The molecule has 0 aliphatic carbocycles. The van der Waals surface area contributed by atoms with Crippen molar-refractivity contribution in [3.63, 3.8) is 0 Å². The highest BCUT2D eigenvalue weighted by atomic mass is 35.5. The standard InChI is InChI=1S/C13H12ClNO2S2/c1-17-7-6-15-12(16)11(19-13(15)18)8-9-2-4-10(14)5-3-9/h2-5,8H,6-7H2,1H3/b11-8+. The summed E-state index contributed by atoms with van der Waals surface area (Å²) < 4.78 is 5.54. The lowest BCUT2D eigenvalue weighted by Gasteiger charge is -2.12. The Balaban J connectivity index is 2.16. The molecule has 3 nitrogen and oxygen atoms in total. The molecule has 1 saturated heterocycles. The Morgan fingerprint density at radius 1 is 1.42 bits per heavy atom. The zero-order valence-corrected chi connectivity index (χ0v) is 12.6. The molecule has 0 bridgehead atoms. The van der Waals surface area contributed by atoms with Crippen LogP contribution in [0.15, 0.2) is 29.2 Å². The van der Waals surface area contributed by atoms with Crippen molar-refractivity contribution in [1.82, 2.24) is 4.90 Å². The Hall–Kier alpha value is -0.880. The van der Waals surface area contributed by atoms with Crippen LogP contribution in [-0.2, 0) is 9.53 Å². The number of benzene rings is 1. The molecule has 19 heavy (non-hydrogen) atoms. The van der Waals surface area contributed by atoms with E-state index in [4.69, 9.17) is 28.6 Å². The van der Waals surface area contributed by atoms with Gasteiger partial charge in [0.25, 0.3) is 5.91 Å². The molecule has 0 N–H and O–H groups in total. The quantitative estimate of drug-likeness (QED) is 0.631. The molecule has 0 saturated carbocycles. The van der Waals surface area contributed by atoms with Gasteiger partial charge in [-0.3, -0.25) is 9.69 Å². The van der Waals surface area contributed by atoms with Crippen LogP contribution in [-0.4, -0.2) is 35.4 Å². The summed E-state index contributed by atoms with van der Waals surface area (Å²) in [6.45, 7) is 0.958. The van der Waals surface area contributed by atoms with Crippen LogP contribution < -0.4 is 0 Å². The number of hydrogen-bond donors (Lipinski definition) is 0. The van der Waals surface area contributed by atoms with Crippen LogP contribution in [0, 0.1) is 0 Å². The molecule has 1 aliphatic rings. The second kappa shape index (κ2) is 6.52. The van der Waals surface area contributed by atoms with Crippen molar-refractivity contribution < 1.29 is 9.53 Å². The first kappa shape index (κ1) is 14.5. The molecule has 0 unspecified atom stereocenters. The second-order valence-corrected chi connectivity index (χ2v) is 5.99. The summed E-state index contributed by atoms with van der Waals surface area (Å²) in [5, 5.41) is 0.671. The molecule has 6 heteroatoms. The first-order valence-corrected chi connectivity index (χ1v) is 7.22. The van der Waals surface area contributed by atoms with E-state index < -0.39 is 0 Å². The van der Waals surface area contributed by atoms with E-state index in [0.29, 0.717) is 27.4 Å². The van der Waals surface area contributed by atoms with Gasteiger partial charge in [0.15, 0.2) is 0 Å². The number of hydrogen-bond acceptors (Lipinski definition) is 4. The fraction of sp³-hybridized carbons (Fsp3) is 0.231. The molecule has 1 aliphatic heterocycles. The Morgan fingerprint density at radius 2 is 2.11 bits per heavy atom. The maximum Gasteiger partial charge on any atom is 0.266 e. The smallest absolute Gasteiger partial charge is 0.266 e. The second-order valence-electron chi connectivity index (χ2n) is 3.88. The molecule has 0 spiro atoms.